The van der Waals surface area contributed by atoms with Crippen molar-refractivity contribution in [1.82, 2.24) is 0 Å². The highest BCUT2D eigenvalue weighted by molar-refractivity contribution is 6.40. The van der Waals surface area contributed by atoms with Crippen molar-refractivity contribution >= 4 is 35.0 Å². The lowest BCUT2D eigenvalue weighted by molar-refractivity contribution is -0.336. The predicted octanol–water partition coefficient (Wildman–Crippen LogP) is 6.30. The van der Waals surface area contributed by atoms with E-state index in [0.29, 0.717) is 28.2 Å². The van der Waals surface area contributed by atoms with Gasteiger partial charge in [-0.05, 0) is 65.3 Å². The average molecular weight is 565 g/mol. The highest BCUT2D eigenvalue weighted by atomic mass is 16.5. The van der Waals surface area contributed by atoms with Gasteiger partial charge in [0.2, 0.25) is 0 Å². The van der Waals surface area contributed by atoms with E-state index in [1.54, 1.807) is 36.4 Å². The van der Waals surface area contributed by atoms with Crippen molar-refractivity contribution in [2.24, 2.45) is 0 Å². The topological polar surface area (TPSA) is 83.4 Å². The summed E-state index contributed by atoms with van der Waals surface area (Å²) in [4.78, 5) is 17.8. The Labute approximate surface area is 251 Å². The molecule has 3 aromatic carbocycles. The van der Waals surface area contributed by atoms with E-state index >= 15 is 0 Å². The van der Waals surface area contributed by atoms with Crippen molar-refractivity contribution in [1.29, 1.82) is 10.5 Å². The number of carbonyl (C=O) groups excluding carboxylic acids is 1. The molecule has 0 aromatic heterocycles. The maximum atomic E-state index is 13.7. The molecule has 210 valence electrons. The first kappa shape index (κ1) is 28.6. The summed E-state index contributed by atoms with van der Waals surface area (Å²) in [5, 5.41) is 19.5. The predicted molar refractivity (Wildman–Crippen MR) is 170 cm³/mol. The highest BCUT2D eigenvalue weighted by Gasteiger charge is 2.37. The number of rotatable bonds is 6. The summed E-state index contributed by atoms with van der Waals surface area (Å²) in [5.74, 6) is 0.761. The molecule has 0 amide bonds. The van der Waals surface area contributed by atoms with E-state index < -0.39 is 0 Å². The summed E-state index contributed by atoms with van der Waals surface area (Å²) in [6.07, 6.45) is 14.9. The second kappa shape index (κ2) is 12.3. The Hall–Kier alpha value is -5.92. The lowest BCUT2D eigenvalue weighted by Gasteiger charge is -2.16. The summed E-state index contributed by atoms with van der Waals surface area (Å²) in [5.41, 5.74) is 6.21. The highest BCUT2D eigenvalue weighted by Crippen LogP contribution is 2.33. The maximum absolute atomic E-state index is 13.7. The van der Waals surface area contributed by atoms with Gasteiger partial charge in [0.1, 0.15) is 17.2 Å². The summed E-state index contributed by atoms with van der Waals surface area (Å²) < 4.78 is 7.12. The van der Waals surface area contributed by atoms with Crippen molar-refractivity contribution < 1.29 is 14.1 Å². The molecule has 0 N–H and O–H groups in total. The third-order valence-electron chi connectivity index (χ3n) is 7.13. The lowest BCUT2D eigenvalue weighted by Crippen LogP contribution is -2.16. The van der Waals surface area contributed by atoms with Gasteiger partial charge >= 0.3 is 12.4 Å². The van der Waals surface area contributed by atoms with E-state index in [-0.39, 0.29) is 17.1 Å². The second-order valence-corrected chi connectivity index (χ2v) is 10.4. The molecule has 0 radical (unpaired) electrons. The lowest BCUT2D eigenvalue weighted by atomic mass is 9.99. The Balaban J connectivity index is 1.61. The third kappa shape index (κ3) is 6.07. The van der Waals surface area contributed by atoms with Crippen LogP contribution in [0.3, 0.4) is 0 Å². The normalized spacial score (nSPS) is 14.2. The molecule has 0 unspecified atom stereocenters. The van der Waals surface area contributed by atoms with Gasteiger partial charge in [0.05, 0.1) is 5.57 Å². The number of nitriles is 2. The largest absolute Gasteiger partial charge is 0.457 e. The van der Waals surface area contributed by atoms with Crippen LogP contribution in [0.2, 0.25) is 0 Å². The minimum atomic E-state index is -0.254. The fourth-order valence-electron chi connectivity index (χ4n) is 4.86. The average Bonchev–Trinajstić information content (AvgIpc) is 3.32. The molecule has 1 aliphatic carbocycles. The molecule has 43 heavy (non-hydrogen) atoms. The Kier molecular flexibility index (Phi) is 8.18. The zero-order valence-electron chi connectivity index (χ0n) is 24.4. The van der Waals surface area contributed by atoms with Gasteiger partial charge in [-0.3, -0.25) is 4.79 Å². The number of ether oxygens (including phenoxy) is 1. The number of ketones is 1. The second-order valence-electron chi connectivity index (χ2n) is 10.4. The van der Waals surface area contributed by atoms with Crippen LogP contribution < -0.4 is 9.80 Å². The van der Waals surface area contributed by atoms with E-state index in [4.69, 9.17) is 4.74 Å². The van der Waals surface area contributed by atoms with Gasteiger partial charge in [-0.15, -0.1) is 0 Å². The van der Waals surface area contributed by atoms with Crippen LogP contribution >= 0.6 is 0 Å². The van der Waals surface area contributed by atoms with Crippen LogP contribution in [0.15, 0.2) is 120 Å². The van der Waals surface area contributed by atoms with Crippen molar-refractivity contribution in [2.45, 2.75) is 0 Å². The molecule has 0 saturated heterocycles. The van der Waals surface area contributed by atoms with Gasteiger partial charge < -0.3 is 14.5 Å². The van der Waals surface area contributed by atoms with Crippen LogP contribution in [0, 0.1) is 22.9 Å². The smallest absolute Gasteiger partial charge is 0.385 e. The zero-order valence-corrected chi connectivity index (χ0v) is 24.4. The molecule has 1 heterocycles. The fourth-order valence-corrected chi connectivity index (χ4v) is 4.86. The summed E-state index contributed by atoms with van der Waals surface area (Å²) >= 11 is 0. The van der Waals surface area contributed by atoms with Gasteiger partial charge in [0.25, 0.3) is 0 Å². The van der Waals surface area contributed by atoms with Crippen LogP contribution in [0.1, 0.15) is 27.0 Å². The molecule has 0 saturated carbocycles. The number of fused-ring (bicyclic) bond motifs is 1. The first-order chi connectivity index (χ1) is 20.8. The number of carbonyl (C=O) groups is 1. The van der Waals surface area contributed by atoms with E-state index in [9.17, 15) is 15.3 Å². The van der Waals surface area contributed by atoms with Crippen LogP contribution in [-0.4, -0.2) is 44.3 Å². The maximum Gasteiger partial charge on any atom is 0.385 e. The molecule has 0 bridgehead atoms. The molecule has 1 aliphatic heterocycles. The molecule has 0 spiro atoms. The van der Waals surface area contributed by atoms with E-state index in [0.717, 1.165) is 27.1 Å². The Bertz CT molecular complexity index is 1760. The van der Waals surface area contributed by atoms with Crippen LogP contribution in [0.25, 0.3) is 12.2 Å². The van der Waals surface area contributed by atoms with Crippen molar-refractivity contribution in [3.63, 3.8) is 0 Å². The number of nitrogens with zero attached hydrogens (tertiary/aromatic N) is 5. The summed E-state index contributed by atoms with van der Waals surface area (Å²) in [7, 11) is 7.97. The Morgan fingerprint density at radius 1 is 0.674 bits per heavy atom. The van der Waals surface area contributed by atoms with Gasteiger partial charge in [0, 0.05) is 61.2 Å². The molecule has 7 heteroatoms. The van der Waals surface area contributed by atoms with Crippen LogP contribution in [-0.2, 0) is 4.74 Å². The van der Waals surface area contributed by atoms with Crippen LogP contribution in [0.4, 0.5) is 11.4 Å². The standard InChI is InChI=1S/C36H30N5O2/c1-39(2)28-15-9-25(10-16-28)13-19-30-21-27(22-31(43-30)20-14-26-11-17-29(18-12-26)40(3)4)34-35(41(23-37)24-38)32-7-5-6-8-33(32)36(34)42/h5-22H,1-4H3/q+1. The quantitative estimate of drug-likeness (QED) is 0.151. The fraction of sp³-hybridized carbons (Fsp3) is 0.111. The monoisotopic (exact) mass is 564 g/mol. The minimum absolute atomic E-state index is 0.254. The third-order valence-corrected chi connectivity index (χ3v) is 7.13. The zero-order chi connectivity index (χ0) is 30.5. The Morgan fingerprint density at radius 3 is 1.58 bits per heavy atom. The van der Waals surface area contributed by atoms with Crippen molar-refractivity contribution in [3.8, 4) is 12.4 Å². The molecule has 7 nitrogen and oxygen atoms in total. The van der Waals surface area contributed by atoms with Crippen molar-refractivity contribution in [2.75, 3.05) is 38.0 Å². The molecule has 5 rings (SSSR count). The number of Topliss-reactive ketones (excluding diaryl/α,β-unsaturated/α-hetero) is 1. The van der Waals surface area contributed by atoms with Crippen molar-refractivity contribution in [3.05, 3.63) is 142 Å². The number of hydrogen-bond acceptors (Lipinski definition) is 6. The first-order valence-corrected chi connectivity index (χ1v) is 13.7. The Morgan fingerprint density at radius 2 is 1.14 bits per heavy atom. The van der Waals surface area contributed by atoms with Gasteiger partial charge in [-0.25, -0.2) is 0 Å². The van der Waals surface area contributed by atoms with E-state index in [2.05, 4.69) is 0 Å². The molecule has 3 aromatic rings. The molecular weight excluding hydrogens is 534 g/mol. The van der Waals surface area contributed by atoms with E-state index in [1.165, 1.54) is 0 Å². The number of benzene rings is 3. The molecule has 2 aliphatic rings. The molecule has 0 fully saturated rings. The van der Waals surface area contributed by atoms with Gasteiger partial charge in [0.15, 0.2) is 5.78 Å². The number of anilines is 2. The molecule has 0 atom stereocenters. The molecular formula is C36H30N5O2+. The van der Waals surface area contributed by atoms with Crippen LogP contribution in [0.5, 0.6) is 0 Å². The minimum Gasteiger partial charge on any atom is -0.457 e. The first-order valence-electron chi connectivity index (χ1n) is 13.7. The summed E-state index contributed by atoms with van der Waals surface area (Å²) in [6, 6.07) is 23.2. The van der Waals surface area contributed by atoms with Gasteiger partial charge in [-0.1, -0.05) is 65.3 Å². The SMILES string of the molecule is CN(C)c1ccc(C=CC2=CC(=C3C(=O)c4ccccc4C3=[N+](C#N)C#N)C=C(C=Cc3ccc(N(C)C)cc3)O2)cc1. The number of hydrogen-bond donors (Lipinski definition) is 0. The number of allylic oxidation sites excluding steroid dienone is 6. The van der Waals surface area contributed by atoms with E-state index in [1.807, 2.05) is 123 Å². The summed E-state index contributed by atoms with van der Waals surface area (Å²) in [6.45, 7) is 0. The van der Waals surface area contributed by atoms with Gasteiger partial charge in [-0.2, -0.15) is 0 Å².